The van der Waals surface area contributed by atoms with Crippen LogP contribution in [-0.2, 0) is 0 Å². The Morgan fingerprint density at radius 1 is 1.32 bits per heavy atom. The van der Waals surface area contributed by atoms with Gasteiger partial charge in [0.2, 0.25) is 0 Å². The van der Waals surface area contributed by atoms with Gasteiger partial charge in [-0.15, -0.1) is 12.4 Å². The largest absolute Gasteiger partial charge is 0.492 e. The molecule has 6 heteroatoms. The summed E-state index contributed by atoms with van der Waals surface area (Å²) in [6.45, 7) is 2.50. The zero-order valence-electron chi connectivity index (χ0n) is 12.5. The van der Waals surface area contributed by atoms with Crippen molar-refractivity contribution in [3.8, 4) is 5.75 Å². The van der Waals surface area contributed by atoms with Crippen LogP contribution >= 0.6 is 12.4 Å². The lowest BCUT2D eigenvalue weighted by molar-refractivity contribution is 0.0923. The van der Waals surface area contributed by atoms with Gasteiger partial charge >= 0.3 is 0 Å². The number of ether oxygens (including phenoxy) is 1. The number of carbonyl (C=O) groups excluding carboxylic acids is 1. The van der Waals surface area contributed by atoms with Crippen molar-refractivity contribution in [1.82, 2.24) is 10.6 Å². The summed E-state index contributed by atoms with van der Waals surface area (Å²) in [6.07, 6.45) is 2.06. The molecule has 0 bridgehead atoms. The summed E-state index contributed by atoms with van der Waals surface area (Å²) >= 11 is 0. The number of benzene rings is 1. The van der Waals surface area contributed by atoms with Gasteiger partial charge in [-0.05, 0) is 30.9 Å². The monoisotopic (exact) mass is 326 g/mol. The molecule has 1 saturated carbocycles. The van der Waals surface area contributed by atoms with Gasteiger partial charge in [0.1, 0.15) is 5.75 Å². The smallest absolute Gasteiger partial charge is 0.255 e. The van der Waals surface area contributed by atoms with E-state index in [9.17, 15) is 9.90 Å². The minimum Gasteiger partial charge on any atom is -0.492 e. The second-order valence-corrected chi connectivity index (χ2v) is 5.95. The summed E-state index contributed by atoms with van der Waals surface area (Å²) in [4.78, 5) is 12.3. The van der Waals surface area contributed by atoms with Crippen LogP contribution in [-0.4, -0.2) is 43.4 Å². The summed E-state index contributed by atoms with van der Waals surface area (Å²) in [5.41, 5.74) is 0.568. The van der Waals surface area contributed by atoms with Gasteiger partial charge < -0.3 is 20.5 Å². The molecule has 2 unspecified atom stereocenters. The van der Waals surface area contributed by atoms with Crippen LogP contribution in [0.15, 0.2) is 24.3 Å². The van der Waals surface area contributed by atoms with E-state index in [-0.39, 0.29) is 30.3 Å². The van der Waals surface area contributed by atoms with E-state index in [1.807, 2.05) is 18.2 Å². The average Bonchev–Trinajstić information content (AvgIpc) is 3.24. The first-order valence-corrected chi connectivity index (χ1v) is 7.63. The first-order valence-electron chi connectivity index (χ1n) is 7.63. The zero-order valence-corrected chi connectivity index (χ0v) is 13.3. The SMILES string of the molecule is Cl.O=C(NCC1CNCC1O)c1ccccc1OCC1CC1. The molecule has 3 rings (SSSR count). The van der Waals surface area contributed by atoms with Crippen LogP contribution in [0.4, 0.5) is 0 Å². The highest BCUT2D eigenvalue weighted by atomic mass is 35.5. The lowest BCUT2D eigenvalue weighted by atomic mass is 10.1. The van der Waals surface area contributed by atoms with Crippen LogP contribution in [0.5, 0.6) is 5.75 Å². The Labute approximate surface area is 136 Å². The van der Waals surface area contributed by atoms with Gasteiger partial charge in [-0.2, -0.15) is 0 Å². The normalized spacial score (nSPS) is 23.7. The molecule has 2 fully saturated rings. The number of nitrogens with one attached hydrogen (secondary N) is 2. The summed E-state index contributed by atoms with van der Waals surface area (Å²) in [7, 11) is 0. The molecule has 122 valence electrons. The van der Waals surface area contributed by atoms with E-state index in [1.165, 1.54) is 12.8 Å². The highest BCUT2D eigenvalue weighted by Crippen LogP contribution is 2.30. The molecule has 1 aromatic rings. The van der Waals surface area contributed by atoms with Crippen molar-refractivity contribution in [2.75, 3.05) is 26.2 Å². The van der Waals surface area contributed by atoms with Crippen molar-refractivity contribution in [3.63, 3.8) is 0 Å². The predicted octanol–water partition coefficient (Wildman–Crippen LogP) is 1.21. The third kappa shape index (κ3) is 4.35. The third-order valence-corrected chi connectivity index (χ3v) is 4.13. The number of aliphatic hydroxyl groups is 1. The summed E-state index contributed by atoms with van der Waals surface area (Å²) in [5.74, 6) is 1.24. The minimum absolute atomic E-state index is 0. The molecule has 2 atom stereocenters. The van der Waals surface area contributed by atoms with Gasteiger partial charge in [0, 0.05) is 25.6 Å². The third-order valence-electron chi connectivity index (χ3n) is 4.13. The molecule has 0 radical (unpaired) electrons. The number of aliphatic hydroxyl groups excluding tert-OH is 1. The highest BCUT2D eigenvalue weighted by Gasteiger charge is 2.26. The van der Waals surface area contributed by atoms with Crippen LogP contribution < -0.4 is 15.4 Å². The van der Waals surface area contributed by atoms with E-state index < -0.39 is 0 Å². The highest BCUT2D eigenvalue weighted by molar-refractivity contribution is 5.96. The lowest BCUT2D eigenvalue weighted by Crippen LogP contribution is -2.34. The van der Waals surface area contributed by atoms with Gasteiger partial charge in [0.15, 0.2) is 0 Å². The number of hydrogen-bond acceptors (Lipinski definition) is 4. The molecule has 1 aliphatic heterocycles. The number of carbonyl (C=O) groups is 1. The molecular formula is C16H23ClN2O3. The van der Waals surface area contributed by atoms with Gasteiger partial charge in [-0.25, -0.2) is 0 Å². The molecule has 2 aliphatic rings. The van der Waals surface area contributed by atoms with Crippen molar-refractivity contribution in [2.45, 2.75) is 18.9 Å². The second-order valence-electron chi connectivity index (χ2n) is 5.95. The van der Waals surface area contributed by atoms with Crippen LogP contribution in [0.2, 0.25) is 0 Å². The van der Waals surface area contributed by atoms with E-state index in [4.69, 9.17) is 4.74 Å². The maximum Gasteiger partial charge on any atom is 0.255 e. The number of para-hydroxylation sites is 1. The number of halogens is 1. The number of β-amino-alcohol motifs (C(OH)–C–C–N with tert-alkyl or cyclic N) is 1. The van der Waals surface area contributed by atoms with Crippen molar-refractivity contribution in [1.29, 1.82) is 0 Å². The van der Waals surface area contributed by atoms with Crippen LogP contribution in [0, 0.1) is 11.8 Å². The number of amides is 1. The van der Waals surface area contributed by atoms with Crippen LogP contribution in [0.1, 0.15) is 23.2 Å². The Balaban J connectivity index is 0.00000176. The van der Waals surface area contributed by atoms with E-state index >= 15 is 0 Å². The summed E-state index contributed by atoms with van der Waals surface area (Å²) in [5, 5.41) is 15.7. The van der Waals surface area contributed by atoms with Crippen molar-refractivity contribution >= 4 is 18.3 Å². The Bertz CT molecular complexity index is 508. The summed E-state index contributed by atoms with van der Waals surface area (Å²) < 4.78 is 5.75. The Morgan fingerprint density at radius 2 is 2.09 bits per heavy atom. The number of hydrogen-bond donors (Lipinski definition) is 3. The standard InChI is InChI=1S/C16H22N2O3.ClH/c19-14-9-17-7-12(14)8-18-16(20)13-3-1-2-4-15(13)21-10-11-5-6-11;/h1-4,11-12,14,17,19H,5-10H2,(H,18,20);1H. The number of rotatable bonds is 6. The maximum absolute atomic E-state index is 12.3. The van der Waals surface area contributed by atoms with Gasteiger partial charge in [0.25, 0.3) is 5.91 Å². The van der Waals surface area contributed by atoms with E-state index in [2.05, 4.69) is 10.6 Å². The Hall–Kier alpha value is -1.30. The first-order chi connectivity index (χ1) is 10.2. The molecule has 22 heavy (non-hydrogen) atoms. The molecule has 1 aromatic carbocycles. The van der Waals surface area contributed by atoms with Gasteiger partial charge in [-0.3, -0.25) is 4.79 Å². The Morgan fingerprint density at radius 3 is 2.77 bits per heavy atom. The fraction of sp³-hybridized carbons (Fsp3) is 0.562. The van der Waals surface area contributed by atoms with Crippen molar-refractivity contribution < 1.29 is 14.6 Å². The molecule has 1 aliphatic carbocycles. The quantitative estimate of drug-likeness (QED) is 0.735. The molecule has 0 spiro atoms. The Kier molecular flexibility index (Phi) is 6.06. The van der Waals surface area contributed by atoms with Crippen LogP contribution in [0.25, 0.3) is 0 Å². The van der Waals surface area contributed by atoms with E-state index in [0.29, 0.717) is 36.9 Å². The zero-order chi connectivity index (χ0) is 14.7. The maximum atomic E-state index is 12.3. The molecule has 1 saturated heterocycles. The van der Waals surface area contributed by atoms with Crippen molar-refractivity contribution in [3.05, 3.63) is 29.8 Å². The molecule has 1 heterocycles. The molecule has 3 N–H and O–H groups in total. The lowest BCUT2D eigenvalue weighted by Gasteiger charge is -2.15. The average molecular weight is 327 g/mol. The van der Waals surface area contributed by atoms with Gasteiger partial charge in [0.05, 0.1) is 18.3 Å². The minimum atomic E-state index is -0.383. The first kappa shape index (κ1) is 17.1. The second kappa shape index (κ2) is 7.81. The molecule has 0 aromatic heterocycles. The predicted molar refractivity (Wildman–Crippen MR) is 86.6 cm³/mol. The van der Waals surface area contributed by atoms with E-state index in [1.54, 1.807) is 6.07 Å². The van der Waals surface area contributed by atoms with E-state index in [0.717, 1.165) is 6.54 Å². The summed E-state index contributed by atoms with van der Waals surface area (Å²) in [6, 6.07) is 7.33. The topological polar surface area (TPSA) is 70.6 Å². The van der Waals surface area contributed by atoms with Crippen molar-refractivity contribution in [2.24, 2.45) is 11.8 Å². The van der Waals surface area contributed by atoms with Gasteiger partial charge in [-0.1, -0.05) is 12.1 Å². The van der Waals surface area contributed by atoms with Crippen LogP contribution in [0.3, 0.4) is 0 Å². The fourth-order valence-corrected chi connectivity index (χ4v) is 2.52. The molecule has 5 nitrogen and oxygen atoms in total. The fourth-order valence-electron chi connectivity index (χ4n) is 2.52. The molecular weight excluding hydrogens is 304 g/mol. The molecule has 1 amide bonds.